The van der Waals surface area contributed by atoms with E-state index in [-0.39, 0.29) is 0 Å². The molecule has 1 aliphatic heterocycles. The first-order valence-corrected chi connectivity index (χ1v) is 12.2. The smallest absolute Gasteiger partial charge is 0.195 e. The summed E-state index contributed by atoms with van der Waals surface area (Å²) in [5.41, 5.74) is 8.80. The van der Waals surface area contributed by atoms with Gasteiger partial charge < -0.3 is 9.15 Å². The van der Waals surface area contributed by atoms with Crippen molar-refractivity contribution >= 4 is 33.2 Å². The predicted molar refractivity (Wildman–Crippen MR) is 139 cm³/mol. The second kappa shape index (κ2) is 8.18. The zero-order valence-corrected chi connectivity index (χ0v) is 19.8. The molecular formula is C31H27NO2. The van der Waals surface area contributed by atoms with Crippen LogP contribution in [0.1, 0.15) is 54.5 Å². The van der Waals surface area contributed by atoms with Gasteiger partial charge in [0.25, 0.3) is 0 Å². The van der Waals surface area contributed by atoms with Crippen molar-refractivity contribution in [2.24, 2.45) is 0 Å². The Morgan fingerprint density at radius 2 is 1.41 bits per heavy atom. The number of hydrogen-bond acceptors (Lipinski definition) is 3. The van der Waals surface area contributed by atoms with E-state index in [1.807, 2.05) is 6.07 Å². The number of aryl methyl sites for hydroxylation is 3. The van der Waals surface area contributed by atoms with Crippen LogP contribution in [0.4, 0.5) is 0 Å². The minimum Gasteiger partial charge on any atom is -0.455 e. The lowest BCUT2D eigenvalue weighted by Crippen LogP contribution is -2.08. The number of oxazole rings is 1. The van der Waals surface area contributed by atoms with Gasteiger partial charge in [0, 0.05) is 34.4 Å². The van der Waals surface area contributed by atoms with E-state index in [0.29, 0.717) is 0 Å². The summed E-state index contributed by atoms with van der Waals surface area (Å²) in [5.74, 6) is 2.46. The lowest BCUT2D eigenvalue weighted by molar-refractivity contribution is 0.519. The second-order valence-corrected chi connectivity index (χ2v) is 8.82. The molecule has 0 aliphatic carbocycles. The highest BCUT2D eigenvalue weighted by Crippen LogP contribution is 2.47. The number of benzene rings is 4. The highest BCUT2D eigenvalue weighted by Gasteiger charge is 2.27. The zero-order valence-electron chi connectivity index (χ0n) is 19.8. The molecular weight excluding hydrogens is 418 g/mol. The van der Waals surface area contributed by atoms with Crippen molar-refractivity contribution in [3.63, 3.8) is 0 Å². The maximum Gasteiger partial charge on any atom is 0.195 e. The molecule has 168 valence electrons. The maximum absolute atomic E-state index is 6.74. The van der Waals surface area contributed by atoms with E-state index in [9.17, 15) is 0 Å². The van der Waals surface area contributed by atoms with Crippen molar-refractivity contribution in [2.75, 3.05) is 0 Å². The van der Waals surface area contributed by atoms with E-state index < -0.39 is 0 Å². The first-order valence-electron chi connectivity index (χ1n) is 12.2. The van der Waals surface area contributed by atoms with Gasteiger partial charge >= 0.3 is 0 Å². The van der Waals surface area contributed by atoms with Gasteiger partial charge in [0.1, 0.15) is 17.0 Å². The Bertz CT molecular complexity index is 1550. The Morgan fingerprint density at radius 3 is 2.06 bits per heavy atom. The third-order valence-electron chi connectivity index (χ3n) is 6.81. The van der Waals surface area contributed by atoms with Crippen molar-refractivity contribution < 1.29 is 9.15 Å². The SMILES string of the molecule is CCc1ccc(C2=C(c3ccc(CC)cc3)c3cccc4c3c(cc3nc(CC)oc34)O2)cc1. The molecule has 0 fully saturated rings. The minimum atomic E-state index is 0.747. The molecule has 2 heterocycles. The molecule has 4 aromatic carbocycles. The summed E-state index contributed by atoms with van der Waals surface area (Å²) in [6, 6.07) is 26.0. The highest BCUT2D eigenvalue weighted by molar-refractivity contribution is 6.16. The van der Waals surface area contributed by atoms with Gasteiger partial charge in [-0.15, -0.1) is 0 Å². The molecule has 3 nitrogen and oxygen atoms in total. The van der Waals surface area contributed by atoms with Crippen LogP contribution in [0, 0.1) is 0 Å². The molecule has 0 spiro atoms. The maximum atomic E-state index is 6.74. The van der Waals surface area contributed by atoms with Gasteiger partial charge in [-0.25, -0.2) is 4.98 Å². The molecule has 6 rings (SSSR count). The number of rotatable bonds is 5. The Labute approximate surface area is 199 Å². The Hall–Kier alpha value is -3.85. The third-order valence-corrected chi connectivity index (χ3v) is 6.81. The standard InChI is InChI=1S/C31H27NO2/c1-4-19-10-14-21(15-11-19)28-23-8-7-9-24-29(23)26(18-25-31(24)34-27(6-3)32-25)33-30(28)22-16-12-20(5-2)13-17-22/h7-18H,4-6H2,1-3H3. The van der Waals surface area contributed by atoms with Crippen molar-refractivity contribution in [2.45, 2.75) is 40.0 Å². The summed E-state index contributed by atoms with van der Waals surface area (Å²) in [7, 11) is 0. The summed E-state index contributed by atoms with van der Waals surface area (Å²) in [6.07, 6.45) is 2.79. The van der Waals surface area contributed by atoms with E-state index in [1.54, 1.807) is 0 Å². The topological polar surface area (TPSA) is 35.3 Å². The molecule has 0 amide bonds. The van der Waals surface area contributed by atoms with Crippen molar-refractivity contribution in [3.05, 3.63) is 107 Å². The molecule has 0 saturated heterocycles. The fourth-order valence-electron chi connectivity index (χ4n) is 4.88. The molecule has 0 radical (unpaired) electrons. The number of fused-ring (bicyclic) bond motifs is 2. The molecule has 0 atom stereocenters. The molecule has 3 heteroatoms. The summed E-state index contributed by atoms with van der Waals surface area (Å²) in [4.78, 5) is 4.70. The van der Waals surface area contributed by atoms with Crippen LogP contribution in [0.3, 0.4) is 0 Å². The van der Waals surface area contributed by atoms with Gasteiger partial charge in [0.15, 0.2) is 11.5 Å². The molecule has 5 aromatic rings. The van der Waals surface area contributed by atoms with Gasteiger partial charge in [0.05, 0.1) is 0 Å². The van der Waals surface area contributed by atoms with Crippen LogP contribution in [-0.2, 0) is 19.3 Å². The zero-order chi connectivity index (χ0) is 23.2. The summed E-state index contributed by atoms with van der Waals surface area (Å²) in [6.45, 7) is 6.42. The van der Waals surface area contributed by atoms with Crippen LogP contribution in [-0.4, -0.2) is 4.98 Å². The fourth-order valence-corrected chi connectivity index (χ4v) is 4.88. The molecule has 1 aliphatic rings. The van der Waals surface area contributed by atoms with Crippen LogP contribution in [0.15, 0.2) is 77.2 Å². The average Bonchev–Trinajstić information content (AvgIpc) is 3.32. The lowest BCUT2D eigenvalue weighted by Gasteiger charge is -2.25. The van der Waals surface area contributed by atoms with E-state index in [4.69, 9.17) is 14.1 Å². The largest absolute Gasteiger partial charge is 0.455 e. The molecule has 0 saturated carbocycles. The first-order chi connectivity index (χ1) is 16.7. The minimum absolute atomic E-state index is 0.747. The van der Waals surface area contributed by atoms with Crippen LogP contribution in [0.2, 0.25) is 0 Å². The monoisotopic (exact) mass is 445 g/mol. The molecule has 1 aromatic heterocycles. The van der Waals surface area contributed by atoms with Crippen LogP contribution in [0.5, 0.6) is 5.75 Å². The number of nitrogens with zero attached hydrogens (tertiary/aromatic N) is 1. The fraction of sp³-hybridized carbons (Fsp3) is 0.194. The Kier molecular flexibility index (Phi) is 4.99. The van der Waals surface area contributed by atoms with Gasteiger partial charge in [-0.1, -0.05) is 87.5 Å². The van der Waals surface area contributed by atoms with Gasteiger partial charge in [-0.05, 0) is 35.1 Å². The second-order valence-electron chi connectivity index (χ2n) is 8.82. The number of aromatic nitrogens is 1. The van der Waals surface area contributed by atoms with Gasteiger partial charge in [-0.2, -0.15) is 0 Å². The van der Waals surface area contributed by atoms with Crippen LogP contribution < -0.4 is 4.74 Å². The first kappa shape index (κ1) is 20.7. The van der Waals surface area contributed by atoms with Crippen molar-refractivity contribution in [3.8, 4) is 5.75 Å². The van der Waals surface area contributed by atoms with Gasteiger partial charge in [0.2, 0.25) is 0 Å². The van der Waals surface area contributed by atoms with E-state index in [1.165, 1.54) is 11.1 Å². The summed E-state index contributed by atoms with van der Waals surface area (Å²) in [5, 5.41) is 2.12. The summed E-state index contributed by atoms with van der Waals surface area (Å²) >= 11 is 0. The van der Waals surface area contributed by atoms with Gasteiger partial charge in [-0.3, -0.25) is 0 Å². The van der Waals surface area contributed by atoms with Crippen molar-refractivity contribution in [1.82, 2.24) is 4.98 Å². The normalized spacial score (nSPS) is 13.0. The quantitative estimate of drug-likeness (QED) is 0.275. The average molecular weight is 446 g/mol. The lowest BCUT2D eigenvalue weighted by atomic mass is 9.87. The Morgan fingerprint density at radius 1 is 0.735 bits per heavy atom. The Balaban J connectivity index is 1.66. The number of hydrogen-bond donors (Lipinski definition) is 0. The van der Waals surface area contributed by atoms with E-state index in [2.05, 4.69) is 87.5 Å². The van der Waals surface area contributed by atoms with Crippen LogP contribution in [0.25, 0.3) is 33.2 Å². The molecule has 0 unspecified atom stereocenters. The van der Waals surface area contributed by atoms with E-state index in [0.717, 1.165) is 80.8 Å². The van der Waals surface area contributed by atoms with Crippen LogP contribution >= 0.6 is 0 Å². The molecule has 34 heavy (non-hydrogen) atoms. The molecule has 0 N–H and O–H groups in total. The molecule has 0 bridgehead atoms. The number of ether oxygens (including phenoxy) is 1. The summed E-state index contributed by atoms with van der Waals surface area (Å²) < 4.78 is 12.9. The predicted octanol–water partition coefficient (Wildman–Crippen LogP) is 7.98. The van der Waals surface area contributed by atoms with Crippen molar-refractivity contribution in [1.29, 1.82) is 0 Å². The highest BCUT2D eigenvalue weighted by atomic mass is 16.5. The van der Waals surface area contributed by atoms with E-state index >= 15 is 0 Å². The third kappa shape index (κ3) is 3.23.